The van der Waals surface area contributed by atoms with Gasteiger partial charge in [-0.2, -0.15) is 0 Å². The van der Waals surface area contributed by atoms with E-state index in [0.29, 0.717) is 16.4 Å². The number of carbonyl (C=O) groups is 1. The average molecular weight is 315 g/mol. The molecule has 112 valence electrons. The Hall–Kier alpha value is -2.47. The fraction of sp³-hybridized carbons (Fsp3) is 0.125. The molecule has 6 heteroatoms. The minimum atomic E-state index is -1.31. The second kappa shape index (κ2) is 5.38. The van der Waals surface area contributed by atoms with Crippen LogP contribution in [0.2, 0.25) is 0 Å². The van der Waals surface area contributed by atoms with Crippen LogP contribution in [0.15, 0.2) is 41.2 Å². The number of rotatable bonds is 3. The van der Waals surface area contributed by atoms with Crippen molar-refractivity contribution in [3.8, 4) is 5.75 Å². The number of hydrogen-bond acceptors (Lipinski definition) is 4. The Bertz CT molecular complexity index is 991. The fourth-order valence-electron chi connectivity index (χ4n) is 2.48. The Morgan fingerprint density at radius 1 is 1.18 bits per heavy atom. The fourth-order valence-corrected chi connectivity index (χ4v) is 3.01. The molecule has 1 atom stereocenters. The molecule has 0 saturated carbocycles. The topological polar surface area (TPSA) is 87.2 Å². The smallest absolute Gasteiger partial charge is 0.200 e. The summed E-state index contributed by atoms with van der Waals surface area (Å²) in [5.74, 6) is -1.00. The van der Waals surface area contributed by atoms with Crippen molar-refractivity contribution < 1.29 is 14.1 Å². The molecule has 1 aromatic heterocycles. The lowest BCUT2D eigenvalue weighted by molar-refractivity contribution is 0.101. The minimum absolute atomic E-state index is 0.0171. The van der Waals surface area contributed by atoms with Crippen LogP contribution in [0.5, 0.6) is 5.75 Å². The minimum Gasteiger partial charge on any atom is -0.506 e. The Balaban J connectivity index is 2.33. The molecule has 0 saturated heterocycles. The summed E-state index contributed by atoms with van der Waals surface area (Å²) in [4.78, 5) is 27.7. The van der Waals surface area contributed by atoms with Gasteiger partial charge in [0, 0.05) is 28.0 Å². The van der Waals surface area contributed by atoms with Gasteiger partial charge in [0.1, 0.15) is 5.75 Å². The van der Waals surface area contributed by atoms with E-state index in [-0.39, 0.29) is 27.9 Å². The monoisotopic (exact) mass is 315 g/mol. The van der Waals surface area contributed by atoms with E-state index < -0.39 is 16.6 Å². The van der Waals surface area contributed by atoms with Crippen molar-refractivity contribution in [2.45, 2.75) is 0 Å². The largest absolute Gasteiger partial charge is 0.506 e. The second-order valence-electron chi connectivity index (χ2n) is 5.02. The average Bonchev–Trinajstić information content (AvgIpc) is 2.46. The van der Waals surface area contributed by atoms with E-state index >= 15 is 0 Å². The number of carbonyl (C=O) groups excluding carboxylic acids is 1. The zero-order chi connectivity index (χ0) is 15.9. The molecule has 1 unspecified atom stereocenters. The van der Waals surface area contributed by atoms with Crippen LogP contribution in [-0.2, 0) is 10.8 Å². The number of phenolic OH excluding ortho intramolecular Hbond substituents is 1. The number of H-pyrrole nitrogens is 1. The summed E-state index contributed by atoms with van der Waals surface area (Å²) in [6.45, 7) is 0. The van der Waals surface area contributed by atoms with Gasteiger partial charge in [-0.1, -0.05) is 12.1 Å². The summed E-state index contributed by atoms with van der Waals surface area (Å²) in [6, 6.07) is 9.98. The summed E-state index contributed by atoms with van der Waals surface area (Å²) in [5, 5.41) is 10.8. The van der Waals surface area contributed by atoms with Gasteiger partial charge in [-0.05, 0) is 24.3 Å². The third-order valence-corrected chi connectivity index (χ3v) is 4.15. The number of fused-ring (bicyclic) bond motifs is 2. The molecular weight excluding hydrogens is 302 g/mol. The second-order valence-corrected chi connectivity index (χ2v) is 6.46. The third-order valence-electron chi connectivity index (χ3n) is 3.48. The first kappa shape index (κ1) is 14.5. The lowest BCUT2D eigenvalue weighted by Crippen LogP contribution is -2.12. The summed E-state index contributed by atoms with van der Waals surface area (Å²) in [7, 11) is -1.31. The molecule has 0 spiro atoms. The molecule has 0 aliphatic heterocycles. The van der Waals surface area contributed by atoms with Crippen LogP contribution in [0.25, 0.3) is 21.8 Å². The van der Waals surface area contributed by atoms with E-state index in [4.69, 9.17) is 0 Å². The Labute approximate surface area is 128 Å². The van der Waals surface area contributed by atoms with Gasteiger partial charge in [-0.3, -0.25) is 13.8 Å². The highest BCUT2D eigenvalue weighted by Gasteiger charge is 2.18. The Kier molecular flexibility index (Phi) is 3.54. The molecule has 0 fully saturated rings. The van der Waals surface area contributed by atoms with Crippen molar-refractivity contribution in [1.29, 1.82) is 0 Å². The number of pyridine rings is 1. The molecule has 3 rings (SSSR count). The van der Waals surface area contributed by atoms with Crippen molar-refractivity contribution in [3.63, 3.8) is 0 Å². The molecule has 0 bridgehead atoms. The first-order valence-corrected chi connectivity index (χ1v) is 8.31. The van der Waals surface area contributed by atoms with E-state index in [0.717, 1.165) is 0 Å². The highest BCUT2D eigenvalue weighted by molar-refractivity contribution is 7.85. The summed E-state index contributed by atoms with van der Waals surface area (Å²) >= 11 is 0. The van der Waals surface area contributed by atoms with Gasteiger partial charge in [0.15, 0.2) is 5.78 Å². The number of ketones is 1. The molecule has 2 N–H and O–H groups in total. The van der Waals surface area contributed by atoms with Gasteiger partial charge < -0.3 is 10.1 Å². The van der Waals surface area contributed by atoms with Gasteiger partial charge >= 0.3 is 0 Å². The number of Topliss-reactive ketones (excluding diaryl/α,β-unsaturated/α-hetero) is 1. The molecule has 0 amide bonds. The van der Waals surface area contributed by atoms with Gasteiger partial charge in [-0.25, -0.2) is 0 Å². The van der Waals surface area contributed by atoms with Crippen LogP contribution in [0, 0.1) is 0 Å². The van der Waals surface area contributed by atoms with E-state index in [9.17, 15) is 18.9 Å². The molecule has 1 heterocycles. The van der Waals surface area contributed by atoms with Crippen LogP contribution in [0.4, 0.5) is 0 Å². The van der Waals surface area contributed by atoms with Crippen molar-refractivity contribution in [1.82, 2.24) is 4.98 Å². The number of aromatic amines is 1. The van der Waals surface area contributed by atoms with Gasteiger partial charge in [0.2, 0.25) is 5.43 Å². The van der Waals surface area contributed by atoms with Crippen LogP contribution in [0.3, 0.4) is 0 Å². The first-order chi connectivity index (χ1) is 10.5. The maximum Gasteiger partial charge on any atom is 0.200 e. The third kappa shape index (κ3) is 2.31. The highest BCUT2D eigenvalue weighted by Crippen LogP contribution is 2.27. The molecule has 2 aromatic carbocycles. The maximum atomic E-state index is 12.6. The van der Waals surface area contributed by atoms with Gasteiger partial charge in [0.25, 0.3) is 0 Å². The lowest BCUT2D eigenvalue weighted by Gasteiger charge is -2.08. The Morgan fingerprint density at radius 3 is 2.64 bits per heavy atom. The zero-order valence-corrected chi connectivity index (χ0v) is 12.6. The number of hydrogen-bond donors (Lipinski definition) is 2. The molecule has 5 nitrogen and oxygen atoms in total. The Morgan fingerprint density at radius 2 is 1.91 bits per heavy atom. The zero-order valence-electron chi connectivity index (χ0n) is 11.8. The van der Waals surface area contributed by atoms with Crippen LogP contribution in [0.1, 0.15) is 10.4 Å². The van der Waals surface area contributed by atoms with E-state index in [1.54, 1.807) is 30.3 Å². The molecule has 0 radical (unpaired) electrons. The maximum absolute atomic E-state index is 12.6. The number of para-hydroxylation sites is 1. The SMILES string of the molecule is CS(=O)CC(=O)c1ccc2[nH]c3ccccc3c(=O)c2c1O. The molecule has 0 aliphatic carbocycles. The van der Waals surface area contributed by atoms with Gasteiger partial charge in [0.05, 0.1) is 22.2 Å². The highest BCUT2D eigenvalue weighted by atomic mass is 32.2. The standard InChI is InChI=1S/C16H13NO4S/c1-22(21)8-13(18)10-6-7-12-14(16(10)20)15(19)9-4-2-3-5-11(9)17-12/h2-7,20H,8H2,1H3,(H,17,19). The van der Waals surface area contributed by atoms with Crippen molar-refractivity contribution >= 4 is 38.4 Å². The van der Waals surface area contributed by atoms with E-state index in [1.807, 2.05) is 0 Å². The van der Waals surface area contributed by atoms with Crippen LogP contribution in [-0.4, -0.2) is 32.1 Å². The predicted molar refractivity (Wildman–Crippen MR) is 87.0 cm³/mol. The first-order valence-electron chi connectivity index (χ1n) is 6.59. The number of nitrogens with one attached hydrogen (secondary N) is 1. The van der Waals surface area contributed by atoms with Crippen molar-refractivity contribution in [3.05, 3.63) is 52.2 Å². The lowest BCUT2D eigenvalue weighted by atomic mass is 10.0. The number of aromatic hydroxyl groups is 1. The summed E-state index contributed by atoms with van der Waals surface area (Å²) in [5.41, 5.74) is 0.793. The van der Waals surface area contributed by atoms with Crippen molar-refractivity contribution in [2.24, 2.45) is 0 Å². The predicted octanol–water partition coefficient (Wildman–Crippen LogP) is 1.95. The van der Waals surface area contributed by atoms with E-state index in [2.05, 4.69) is 4.98 Å². The van der Waals surface area contributed by atoms with Crippen LogP contribution >= 0.6 is 0 Å². The van der Waals surface area contributed by atoms with E-state index in [1.165, 1.54) is 12.3 Å². The molecule has 3 aromatic rings. The van der Waals surface area contributed by atoms with Crippen LogP contribution < -0.4 is 5.43 Å². The number of phenols is 1. The summed E-state index contributed by atoms with van der Waals surface area (Å²) < 4.78 is 11.2. The van der Waals surface area contributed by atoms with Gasteiger partial charge in [-0.15, -0.1) is 0 Å². The quantitative estimate of drug-likeness (QED) is 0.571. The number of benzene rings is 2. The summed E-state index contributed by atoms with van der Waals surface area (Å²) in [6.07, 6.45) is 1.41. The molecule has 22 heavy (non-hydrogen) atoms. The van der Waals surface area contributed by atoms with Crippen molar-refractivity contribution in [2.75, 3.05) is 12.0 Å². The number of aromatic nitrogens is 1. The molecule has 0 aliphatic rings. The molecular formula is C16H13NO4S. The normalized spacial score (nSPS) is 12.6.